The summed E-state index contributed by atoms with van der Waals surface area (Å²) in [6, 6.07) is 17.1. The highest BCUT2D eigenvalue weighted by atomic mass is 16.1. The van der Waals surface area contributed by atoms with Crippen LogP contribution in [0.15, 0.2) is 60.8 Å². The summed E-state index contributed by atoms with van der Waals surface area (Å²) in [5, 5.41) is 4.70. The zero-order chi connectivity index (χ0) is 14.7. The maximum atomic E-state index is 12.4. The number of pyridine rings is 1. The van der Waals surface area contributed by atoms with E-state index in [2.05, 4.69) is 10.3 Å². The van der Waals surface area contributed by atoms with E-state index in [4.69, 9.17) is 5.73 Å². The molecule has 0 spiro atoms. The highest BCUT2D eigenvalue weighted by molar-refractivity contribution is 6.11. The molecule has 4 heteroatoms. The Morgan fingerprint density at radius 1 is 1.10 bits per heavy atom. The molecule has 104 valence electrons. The fourth-order valence-corrected chi connectivity index (χ4v) is 2.27. The van der Waals surface area contributed by atoms with Crippen LogP contribution in [-0.4, -0.2) is 10.9 Å². The number of carbonyl (C=O) groups excluding carboxylic acids is 1. The van der Waals surface area contributed by atoms with E-state index in [0.29, 0.717) is 12.2 Å². The second-order valence-electron chi connectivity index (χ2n) is 4.74. The van der Waals surface area contributed by atoms with E-state index < -0.39 is 0 Å². The SMILES string of the molecule is NCc1cccc(NC(=O)c2nccc3ccccc23)c1. The average molecular weight is 277 g/mol. The Balaban J connectivity index is 1.93. The molecule has 2 aromatic carbocycles. The van der Waals surface area contributed by atoms with E-state index >= 15 is 0 Å². The fraction of sp³-hybridized carbons (Fsp3) is 0.0588. The van der Waals surface area contributed by atoms with E-state index in [-0.39, 0.29) is 5.91 Å². The molecule has 3 rings (SSSR count). The first-order valence-electron chi connectivity index (χ1n) is 6.72. The monoisotopic (exact) mass is 277 g/mol. The summed E-state index contributed by atoms with van der Waals surface area (Å²) in [5.41, 5.74) is 7.72. The Morgan fingerprint density at radius 3 is 2.81 bits per heavy atom. The maximum Gasteiger partial charge on any atom is 0.274 e. The number of aromatic nitrogens is 1. The van der Waals surface area contributed by atoms with E-state index in [9.17, 15) is 4.79 Å². The first-order chi connectivity index (χ1) is 10.3. The van der Waals surface area contributed by atoms with E-state index in [1.807, 2.05) is 54.6 Å². The summed E-state index contributed by atoms with van der Waals surface area (Å²) in [7, 11) is 0. The van der Waals surface area contributed by atoms with Gasteiger partial charge in [0.25, 0.3) is 5.91 Å². The minimum absolute atomic E-state index is 0.221. The van der Waals surface area contributed by atoms with Crippen LogP contribution in [0, 0.1) is 0 Å². The summed E-state index contributed by atoms with van der Waals surface area (Å²) >= 11 is 0. The third-order valence-electron chi connectivity index (χ3n) is 3.31. The quantitative estimate of drug-likeness (QED) is 0.773. The molecule has 0 aliphatic rings. The van der Waals surface area contributed by atoms with Gasteiger partial charge in [-0.2, -0.15) is 0 Å². The minimum Gasteiger partial charge on any atom is -0.326 e. The topological polar surface area (TPSA) is 68.0 Å². The number of hydrogen-bond acceptors (Lipinski definition) is 3. The third-order valence-corrected chi connectivity index (χ3v) is 3.31. The van der Waals surface area contributed by atoms with Crippen LogP contribution in [0.3, 0.4) is 0 Å². The van der Waals surface area contributed by atoms with Gasteiger partial charge in [0.05, 0.1) is 0 Å². The number of nitrogens with two attached hydrogens (primary N) is 1. The summed E-state index contributed by atoms with van der Waals surface area (Å²) in [6.07, 6.45) is 1.65. The highest BCUT2D eigenvalue weighted by Gasteiger charge is 2.11. The fourth-order valence-electron chi connectivity index (χ4n) is 2.27. The minimum atomic E-state index is -0.221. The first-order valence-corrected chi connectivity index (χ1v) is 6.72. The van der Waals surface area contributed by atoms with Gasteiger partial charge in [0, 0.05) is 23.8 Å². The van der Waals surface area contributed by atoms with Crippen LogP contribution < -0.4 is 11.1 Å². The third kappa shape index (κ3) is 2.75. The van der Waals surface area contributed by atoms with Crippen molar-refractivity contribution in [3.63, 3.8) is 0 Å². The maximum absolute atomic E-state index is 12.4. The van der Waals surface area contributed by atoms with Crippen LogP contribution in [0.2, 0.25) is 0 Å². The Bertz CT molecular complexity index is 793. The molecule has 0 aliphatic heterocycles. The molecule has 0 saturated heterocycles. The van der Waals surface area contributed by atoms with Gasteiger partial charge >= 0.3 is 0 Å². The molecular weight excluding hydrogens is 262 g/mol. The molecule has 0 bridgehead atoms. The van der Waals surface area contributed by atoms with Gasteiger partial charge in [0.15, 0.2) is 0 Å². The summed E-state index contributed by atoms with van der Waals surface area (Å²) in [6.45, 7) is 0.441. The second-order valence-corrected chi connectivity index (χ2v) is 4.74. The summed E-state index contributed by atoms with van der Waals surface area (Å²) < 4.78 is 0. The van der Waals surface area contributed by atoms with Gasteiger partial charge in [0.1, 0.15) is 5.69 Å². The van der Waals surface area contributed by atoms with Crippen LogP contribution in [0.25, 0.3) is 10.8 Å². The molecule has 0 aliphatic carbocycles. The predicted molar refractivity (Wildman–Crippen MR) is 84.0 cm³/mol. The molecule has 1 aromatic heterocycles. The number of fused-ring (bicyclic) bond motifs is 1. The van der Waals surface area contributed by atoms with E-state index in [0.717, 1.165) is 22.0 Å². The number of carbonyl (C=O) groups is 1. The number of amides is 1. The Kier molecular flexibility index (Phi) is 3.62. The van der Waals surface area contributed by atoms with Crippen molar-refractivity contribution < 1.29 is 4.79 Å². The lowest BCUT2D eigenvalue weighted by Crippen LogP contribution is -2.14. The zero-order valence-corrected chi connectivity index (χ0v) is 11.4. The molecule has 3 N–H and O–H groups in total. The van der Waals surface area contributed by atoms with Crippen LogP contribution in [0.4, 0.5) is 5.69 Å². The summed E-state index contributed by atoms with van der Waals surface area (Å²) in [5.74, 6) is -0.221. The van der Waals surface area contributed by atoms with Crippen molar-refractivity contribution in [2.45, 2.75) is 6.54 Å². The van der Waals surface area contributed by atoms with Crippen molar-refractivity contribution in [1.82, 2.24) is 4.98 Å². The molecule has 0 atom stereocenters. The van der Waals surface area contributed by atoms with Gasteiger partial charge < -0.3 is 11.1 Å². The lowest BCUT2D eigenvalue weighted by Gasteiger charge is -2.08. The smallest absolute Gasteiger partial charge is 0.274 e. The van der Waals surface area contributed by atoms with Gasteiger partial charge in [-0.3, -0.25) is 9.78 Å². The van der Waals surface area contributed by atoms with Crippen LogP contribution in [0.5, 0.6) is 0 Å². The molecule has 0 saturated carbocycles. The number of hydrogen-bond donors (Lipinski definition) is 2. The average Bonchev–Trinajstić information content (AvgIpc) is 2.54. The van der Waals surface area contributed by atoms with Crippen molar-refractivity contribution in [3.05, 3.63) is 72.1 Å². The molecule has 0 unspecified atom stereocenters. The Labute approximate surface area is 122 Å². The normalized spacial score (nSPS) is 10.5. The molecule has 1 heterocycles. The van der Waals surface area contributed by atoms with E-state index in [1.54, 1.807) is 6.20 Å². The first kappa shape index (κ1) is 13.3. The van der Waals surface area contributed by atoms with Crippen molar-refractivity contribution in [2.24, 2.45) is 5.73 Å². The Hall–Kier alpha value is -2.72. The van der Waals surface area contributed by atoms with Gasteiger partial charge in [-0.25, -0.2) is 0 Å². The van der Waals surface area contributed by atoms with Gasteiger partial charge in [-0.1, -0.05) is 36.4 Å². The molecule has 0 fully saturated rings. The Morgan fingerprint density at radius 2 is 1.95 bits per heavy atom. The molecule has 0 radical (unpaired) electrons. The van der Waals surface area contributed by atoms with E-state index in [1.165, 1.54) is 0 Å². The standard InChI is InChI=1S/C17H15N3O/c18-11-12-4-3-6-14(10-12)20-17(21)16-15-7-2-1-5-13(15)8-9-19-16/h1-10H,11,18H2,(H,20,21). The molecule has 21 heavy (non-hydrogen) atoms. The molecular formula is C17H15N3O. The largest absolute Gasteiger partial charge is 0.326 e. The molecule has 4 nitrogen and oxygen atoms in total. The van der Waals surface area contributed by atoms with Crippen molar-refractivity contribution >= 4 is 22.4 Å². The number of nitrogens with zero attached hydrogens (tertiary/aromatic N) is 1. The lowest BCUT2D eigenvalue weighted by molar-refractivity contribution is 0.102. The predicted octanol–water partition coefficient (Wildman–Crippen LogP) is 2.95. The lowest BCUT2D eigenvalue weighted by atomic mass is 10.1. The zero-order valence-electron chi connectivity index (χ0n) is 11.4. The van der Waals surface area contributed by atoms with Crippen molar-refractivity contribution in [3.8, 4) is 0 Å². The van der Waals surface area contributed by atoms with Gasteiger partial charge in [0.2, 0.25) is 0 Å². The summed E-state index contributed by atoms with van der Waals surface area (Å²) in [4.78, 5) is 16.6. The molecule has 3 aromatic rings. The number of anilines is 1. The second kappa shape index (κ2) is 5.73. The van der Waals surface area contributed by atoms with Gasteiger partial charge in [-0.15, -0.1) is 0 Å². The van der Waals surface area contributed by atoms with Gasteiger partial charge in [-0.05, 0) is 29.1 Å². The van der Waals surface area contributed by atoms with Crippen molar-refractivity contribution in [1.29, 1.82) is 0 Å². The number of benzene rings is 2. The number of rotatable bonds is 3. The van der Waals surface area contributed by atoms with Crippen LogP contribution in [0.1, 0.15) is 16.1 Å². The van der Waals surface area contributed by atoms with Crippen molar-refractivity contribution in [2.75, 3.05) is 5.32 Å². The highest BCUT2D eigenvalue weighted by Crippen LogP contribution is 2.18. The van der Waals surface area contributed by atoms with Crippen LogP contribution in [-0.2, 0) is 6.54 Å². The number of nitrogens with one attached hydrogen (secondary N) is 1. The van der Waals surface area contributed by atoms with Crippen LogP contribution >= 0.6 is 0 Å². The molecule has 1 amide bonds.